The lowest BCUT2D eigenvalue weighted by atomic mass is 9.83. The minimum absolute atomic E-state index is 0.113. The van der Waals surface area contributed by atoms with E-state index < -0.39 is 0 Å². The summed E-state index contributed by atoms with van der Waals surface area (Å²) in [5.41, 5.74) is 2.61. The second kappa shape index (κ2) is 4.73. The van der Waals surface area contributed by atoms with Gasteiger partial charge in [-0.1, -0.05) is 13.8 Å². The molecule has 0 aliphatic heterocycles. The highest BCUT2D eigenvalue weighted by atomic mass is 79.9. The van der Waals surface area contributed by atoms with Crippen molar-refractivity contribution in [3.05, 3.63) is 15.9 Å². The average Bonchev–Trinajstić information content (AvgIpc) is 2.73. The molecule has 0 amide bonds. The van der Waals surface area contributed by atoms with Crippen molar-refractivity contribution in [1.82, 2.24) is 9.78 Å². The average molecular weight is 301 g/mol. The summed E-state index contributed by atoms with van der Waals surface area (Å²) in [7, 11) is 2.01. The van der Waals surface area contributed by atoms with Gasteiger partial charge in [-0.2, -0.15) is 5.10 Å². The molecule has 1 heterocycles. The zero-order valence-electron chi connectivity index (χ0n) is 10.8. The van der Waals surface area contributed by atoms with Crippen LogP contribution in [0, 0.1) is 5.41 Å². The molecular weight excluding hydrogens is 280 g/mol. The molecule has 0 saturated heterocycles. The predicted molar refractivity (Wildman–Crippen MR) is 72.0 cm³/mol. The van der Waals surface area contributed by atoms with Crippen molar-refractivity contribution in [3.63, 3.8) is 0 Å². The molecule has 1 aromatic heterocycles. The maximum absolute atomic E-state index is 9.70. The van der Waals surface area contributed by atoms with Crippen molar-refractivity contribution in [2.45, 2.75) is 52.1 Å². The maximum Gasteiger partial charge on any atom is 0.0766 e. The second-order valence-corrected chi connectivity index (χ2v) is 6.36. The predicted octanol–water partition coefficient (Wildman–Crippen LogP) is 2.84. The molecule has 0 bridgehead atoms. The summed E-state index contributed by atoms with van der Waals surface area (Å²) in [5.74, 6) is 0. The molecule has 1 aromatic rings. The normalized spacial score (nSPS) is 28.9. The van der Waals surface area contributed by atoms with Crippen molar-refractivity contribution < 1.29 is 5.11 Å². The fourth-order valence-electron chi connectivity index (χ4n) is 2.86. The zero-order chi connectivity index (χ0) is 12.6. The van der Waals surface area contributed by atoms with Gasteiger partial charge < -0.3 is 5.11 Å². The van der Waals surface area contributed by atoms with E-state index in [1.807, 2.05) is 11.7 Å². The quantitative estimate of drug-likeness (QED) is 0.932. The molecule has 1 N–H and O–H groups in total. The molecule has 1 aliphatic rings. The fraction of sp³-hybridized carbons (Fsp3) is 0.769. The molecule has 4 heteroatoms. The van der Waals surface area contributed by atoms with Crippen LogP contribution in [-0.4, -0.2) is 21.0 Å². The number of halogens is 1. The van der Waals surface area contributed by atoms with Crippen LogP contribution >= 0.6 is 15.9 Å². The molecule has 17 heavy (non-hydrogen) atoms. The number of aliphatic hydroxyl groups is 1. The Hall–Kier alpha value is -0.350. The first-order valence-electron chi connectivity index (χ1n) is 6.33. The monoisotopic (exact) mass is 300 g/mol. The van der Waals surface area contributed by atoms with Crippen LogP contribution < -0.4 is 0 Å². The van der Waals surface area contributed by atoms with E-state index in [1.54, 1.807) is 0 Å². The van der Waals surface area contributed by atoms with Crippen LogP contribution in [0.25, 0.3) is 0 Å². The number of aryl methyl sites for hydroxylation is 2. The van der Waals surface area contributed by atoms with Gasteiger partial charge in [0.2, 0.25) is 0 Å². The Labute approximate surface area is 111 Å². The summed E-state index contributed by atoms with van der Waals surface area (Å²) in [6, 6.07) is 0. The SMILES string of the molecule is CCc1nn(C)c(CC2(C)CCC(O)C2)c1Br. The van der Waals surface area contributed by atoms with Gasteiger partial charge >= 0.3 is 0 Å². The van der Waals surface area contributed by atoms with Crippen LogP contribution in [0.3, 0.4) is 0 Å². The van der Waals surface area contributed by atoms with Gasteiger partial charge in [-0.25, -0.2) is 0 Å². The van der Waals surface area contributed by atoms with E-state index in [2.05, 4.69) is 34.9 Å². The molecule has 0 spiro atoms. The van der Waals surface area contributed by atoms with Gasteiger partial charge in [0.25, 0.3) is 0 Å². The molecule has 2 rings (SSSR count). The lowest BCUT2D eigenvalue weighted by Crippen LogP contribution is -2.19. The van der Waals surface area contributed by atoms with Crippen molar-refractivity contribution >= 4 is 15.9 Å². The lowest BCUT2D eigenvalue weighted by molar-refractivity contribution is 0.163. The van der Waals surface area contributed by atoms with Crippen molar-refractivity contribution in [3.8, 4) is 0 Å². The topological polar surface area (TPSA) is 38.0 Å². The Morgan fingerprint density at radius 3 is 2.76 bits per heavy atom. The Bertz CT molecular complexity index is 416. The highest BCUT2D eigenvalue weighted by molar-refractivity contribution is 9.10. The van der Waals surface area contributed by atoms with Gasteiger partial charge in [-0.3, -0.25) is 4.68 Å². The molecule has 2 unspecified atom stereocenters. The number of nitrogens with zero attached hydrogens (tertiary/aromatic N) is 2. The minimum Gasteiger partial charge on any atom is -0.393 e. The molecule has 0 aromatic carbocycles. The number of hydrogen-bond acceptors (Lipinski definition) is 2. The fourth-order valence-corrected chi connectivity index (χ4v) is 3.62. The number of rotatable bonds is 3. The highest BCUT2D eigenvalue weighted by Crippen LogP contribution is 2.41. The Morgan fingerprint density at radius 2 is 2.29 bits per heavy atom. The van der Waals surface area contributed by atoms with Crippen LogP contribution in [-0.2, 0) is 19.9 Å². The number of hydrogen-bond donors (Lipinski definition) is 1. The van der Waals surface area contributed by atoms with E-state index in [1.165, 1.54) is 5.69 Å². The number of aliphatic hydroxyl groups excluding tert-OH is 1. The van der Waals surface area contributed by atoms with Gasteiger partial charge in [-0.05, 0) is 53.4 Å². The molecule has 0 radical (unpaired) electrons. The van der Waals surface area contributed by atoms with Crippen molar-refractivity contribution in [2.75, 3.05) is 0 Å². The van der Waals surface area contributed by atoms with E-state index in [-0.39, 0.29) is 11.5 Å². The molecule has 3 nitrogen and oxygen atoms in total. The third-order valence-electron chi connectivity index (χ3n) is 3.91. The lowest BCUT2D eigenvalue weighted by Gasteiger charge is -2.23. The largest absolute Gasteiger partial charge is 0.393 e. The van der Waals surface area contributed by atoms with Crippen LogP contribution in [0.15, 0.2) is 4.47 Å². The first-order valence-corrected chi connectivity index (χ1v) is 7.13. The molecule has 1 aliphatic carbocycles. The van der Waals surface area contributed by atoms with Crippen molar-refractivity contribution in [2.24, 2.45) is 12.5 Å². The van der Waals surface area contributed by atoms with Crippen LogP contribution in [0.4, 0.5) is 0 Å². The molecular formula is C13H21BrN2O. The maximum atomic E-state index is 9.70. The minimum atomic E-state index is -0.113. The Morgan fingerprint density at radius 1 is 1.59 bits per heavy atom. The van der Waals surface area contributed by atoms with E-state index in [4.69, 9.17) is 0 Å². The van der Waals surface area contributed by atoms with Gasteiger partial charge in [0.05, 0.1) is 22.0 Å². The van der Waals surface area contributed by atoms with Crippen molar-refractivity contribution in [1.29, 1.82) is 0 Å². The first-order chi connectivity index (χ1) is 7.95. The molecule has 1 saturated carbocycles. The standard InChI is InChI=1S/C13H21BrN2O/c1-4-10-12(14)11(16(3)15-10)8-13(2)6-5-9(17)7-13/h9,17H,4-8H2,1-3H3. The summed E-state index contributed by atoms with van der Waals surface area (Å²) in [6.45, 7) is 4.40. The second-order valence-electron chi connectivity index (χ2n) is 5.57. The molecule has 96 valence electrons. The smallest absolute Gasteiger partial charge is 0.0766 e. The first kappa shape index (κ1) is 13.1. The van der Waals surface area contributed by atoms with Gasteiger partial charge in [0.1, 0.15) is 0 Å². The van der Waals surface area contributed by atoms with E-state index in [0.717, 1.165) is 42.3 Å². The highest BCUT2D eigenvalue weighted by Gasteiger charge is 2.35. The third kappa shape index (κ3) is 2.58. The summed E-state index contributed by atoms with van der Waals surface area (Å²) >= 11 is 3.66. The Balaban J connectivity index is 2.21. The van der Waals surface area contributed by atoms with Gasteiger partial charge in [-0.15, -0.1) is 0 Å². The summed E-state index contributed by atoms with van der Waals surface area (Å²) in [5, 5.41) is 14.2. The summed E-state index contributed by atoms with van der Waals surface area (Å²) in [6.07, 6.45) is 4.78. The zero-order valence-corrected chi connectivity index (χ0v) is 12.4. The van der Waals surface area contributed by atoms with E-state index >= 15 is 0 Å². The van der Waals surface area contributed by atoms with Gasteiger partial charge in [0.15, 0.2) is 0 Å². The third-order valence-corrected chi connectivity index (χ3v) is 4.82. The summed E-state index contributed by atoms with van der Waals surface area (Å²) in [4.78, 5) is 0. The van der Waals surface area contributed by atoms with E-state index in [0.29, 0.717) is 0 Å². The van der Waals surface area contributed by atoms with Gasteiger partial charge in [0, 0.05) is 7.05 Å². The van der Waals surface area contributed by atoms with Crippen LogP contribution in [0.1, 0.15) is 44.5 Å². The summed E-state index contributed by atoms with van der Waals surface area (Å²) < 4.78 is 3.14. The number of aromatic nitrogens is 2. The van der Waals surface area contributed by atoms with Crippen LogP contribution in [0.5, 0.6) is 0 Å². The molecule has 1 fully saturated rings. The van der Waals surface area contributed by atoms with E-state index in [9.17, 15) is 5.11 Å². The van der Waals surface area contributed by atoms with Crippen LogP contribution in [0.2, 0.25) is 0 Å². The Kier molecular flexibility index (Phi) is 3.64. The molecule has 2 atom stereocenters.